The maximum atomic E-state index is 12.7. The van der Waals surface area contributed by atoms with Crippen molar-refractivity contribution in [1.29, 1.82) is 0 Å². The van der Waals surface area contributed by atoms with Crippen molar-refractivity contribution >= 4 is 5.78 Å². The first kappa shape index (κ1) is 22.9. The minimum absolute atomic E-state index is 0.0864. The van der Waals surface area contributed by atoms with E-state index in [9.17, 15) is 15.0 Å². The van der Waals surface area contributed by atoms with E-state index in [0.717, 1.165) is 16.7 Å². The molecule has 0 aromatic heterocycles. The number of ether oxygens (including phenoxy) is 2. The largest absolute Gasteiger partial charge is 0.508 e. The van der Waals surface area contributed by atoms with Gasteiger partial charge in [0.2, 0.25) is 0 Å². The van der Waals surface area contributed by atoms with Gasteiger partial charge in [-0.2, -0.15) is 0 Å². The number of Topliss-reactive ketones (excluding diaryl/α,β-unsaturated/α-hetero) is 1. The zero-order valence-corrected chi connectivity index (χ0v) is 18.7. The zero-order chi connectivity index (χ0) is 23.8. The second-order valence-corrected chi connectivity index (χ2v) is 7.94. The number of ketones is 1. The first-order valence-corrected chi connectivity index (χ1v) is 11.1. The van der Waals surface area contributed by atoms with Crippen molar-refractivity contribution in [2.75, 3.05) is 0 Å². The minimum Gasteiger partial charge on any atom is -0.508 e. The Labute approximate surface area is 198 Å². The highest BCUT2D eigenvalue weighted by molar-refractivity contribution is 5.98. The molecule has 4 aromatic rings. The van der Waals surface area contributed by atoms with Crippen LogP contribution in [0.15, 0.2) is 97.1 Å². The third-order valence-electron chi connectivity index (χ3n) is 5.43. The normalized spacial score (nSPS) is 10.6. The number of phenolic OH excluding ortho intramolecular Hbond substituents is 2. The van der Waals surface area contributed by atoms with Gasteiger partial charge in [0.15, 0.2) is 5.78 Å². The second kappa shape index (κ2) is 11.1. The molecule has 172 valence electrons. The standard InChI is InChI=1S/C29H26O5/c30-24-13-15-26(28(32)17-24)27(31)16-12-23-11-14-25(33-19-21-7-3-1-4-8-21)18-29(23)34-20-22-9-5-2-6-10-22/h1-11,13-15,17-18,30,32H,12,16,19-20H2. The Bertz CT molecular complexity index is 1240. The maximum Gasteiger partial charge on any atom is 0.166 e. The van der Waals surface area contributed by atoms with Crippen LogP contribution in [0, 0.1) is 0 Å². The summed E-state index contributed by atoms with van der Waals surface area (Å²) in [6.07, 6.45) is 0.618. The highest BCUT2D eigenvalue weighted by Crippen LogP contribution is 2.29. The smallest absolute Gasteiger partial charge is 0.166 e. The lowest BCUT2D eigenvalue weighted by Crippen LogP contribution is -2.04. The number of carbonyl (C=O) groups is 1. The van der Waals surface area contributed by atoms with Gasteiger partial charge < -0.3 is 19.7 Å². The fraction of sp³-hybridized carbons (Fsp3) is 0.138. The average molecular weight is 455 g/mol. The molecule has 0 atom stereocenters. The molecule has 0 aliphatic heterocycles. The number of carbonyl (C=O) groups excluding carboxylic acids is 1. The van der Waals surface area contributed by atoms with E-state index >= 15 is 0 Å². The molecular formula is C29H26O5. The van der Waals surface area contributed by atoms with Gasteiger partial charge in [-0.15, -0.1) is 0 Å². The van der Waals surface area contributed by atoms with Crippen LogP contribution < -0.4 is 9.47 Å². The van der Waals surface area contributed by atoms with E-state index in [1.54, 1.807) is 0 Å². The molecule has 0 heterocycles. The summed E-state index contributed by atoms with van der Waals surface area (Å²) in [5.41, 5.74) is 3.16. The van der Waals surface area contributed by atoms with Gasteiger partial charge in [-0.05, 0) is 41.3 Å². The predicted molar refractivity (Wildman–Crippen MR) is 130 cm³/mol. The van der Waals surface area contributed by atoms with Gasteiger partial charge in [-0.25, -0.2) is 0 Å². The fourth-order valence-corrected chi connectivity index (χ4v) is 3.58. The van der Waals surface area contributed by atoms with E-state index in [0.29, 0.717) is 31.1 Å². The molecule has 0 spiro atoms. The zero-order valence-electron chi connectivity index (χ0n) is 18.7. The lowest BCUT2D eigenvalue weighted by Gasteiger charge is -2.14. The number of hydrogen-bond acceptors (Lipinski definition) is 5. The molecule has 5 nitrogen and oxygen atoms in total. The van der Waals surface area contributed by atoms with Crippen molar-refractivity contribution in [3.05, 3.63) is 119 Å². The third kappa shape index (κ3) is 6.17. The molecule has 0 amide bonds. The van der Waals surface area contributed by atoms with Crippen molar-refractivity contribution in [2.45, 2.75) is 26.1 Å². The molecule has 4 rings (SSSR count). The van der Waals surface area contributed by atoms with Crippen LogP contribution in [0.1, 0.15) is 33.5 Å². The number of benzene rings is 4. The van der Waals surface area contributed by atoms with Crippen molar-refractivity contribution in [3.8, 4) is 23.0 Å². The van der Waals surface area contributed by atoms with Gasteiger partial charge in [0.1, 0.15) is 36.2 Å². The van der Waals surface area contributed by atoms with Crippen molar-refractivity contribution in [3.63, 3.8) is 0 Å². The molecule has 0 fully saturated rings. The highest BCUT2D eigenvalue weighted by Gasteiger charge is 2.14. The molecule has 0 aliphatic rings. The molecular weight excluding hydrogens is 428 g/mol. The Morgan fingerprint density at radius 3 is 2.00 bits per heavy atom. The summed E-state index contributed by atoms with van der Waals surface area (Å²) in [6.45, 7) is 0.833. The summed E-state index contributed by atoms with van der Waals surface area (Å²) in [5.74, 6) is 0.804. The number of phenols is 2. The van der Waals surface area contributed by atoms with Crippen molar-refractivity contribution in [2.24, 2.45) is 0 Å². The van der Waals surface area contributed by atoms with E-state index in [1.165, 1.54) is 18.2 Å². The van der Waals surface area contributed by atoms with Crippen LogP contribution in [0.2, 0.25) is 0 Å². The number of rotatable bonds is 10. The fourth-order valence-electron chi connectivity index (χ4n) is 3.58. The predicted octanol–water partition coefficient (Wildman–Crippen LogP) is 6.07. The van der Waals surface area contributed by atoms with Gasteiger partial charge in [0.05, 0.1) is 5.56 Å². The molecule has 0 aliphatic carbocycles. The summed E-state index contributed by atoms with van der Waals surface area (Å²) in [7, 11) is 0. The highest BCUT2D eigenvalue weighted by atomic mass is 16.5. The van der Waals surface area contributed by atoms with E-state index < -0.39 is 0 Å². The first-order valence-electron chi connectivity index (χ1n) is 11.1. The lowest BCUT2D eigenvalue weighted by atomic mass is 10.0. The van der Waals surface area contributed by atoms with Crippen LogP contribution in [0.4, 0.5) is 0 Å². The van der Waals surface area contributed by atoms with E-state index in [1.807, 2.05) is 78.9 Å². The summed E-state index contributed by atoms with van der Waals surface area (Å²) < 4.78 is 12.1. The van der Waals surface area contributed by atoms with Gasteiger partial charge in [0.25, 0.3) is 0 Å². The van der Waals surface area contributed by atoms with Crippen molar-refractivity contribution < 1.29 is 24.5 Å². The molecule has 0 saturated heterocycles. The molecule has 0 radical (unpaired) electrons. The van der Waals surface area contributed by atoms with Gasteiger partial charge in [-0.1, -0.05) is 66.7 Å². The Morgan fingerprint density at radius 1 is 0.706 bits per heavy atom. The first-order chi connectivity index (χ1) is 16.6. The molecule has 34 heavy (non-hydrogen) atoms. The third-order valence-corrected chi connectivity index (χ3v) is 5.43. The second-order valence-electron chi connectivity index (χ2n) is 7.94. The summed E-state index contributed by atoms with van der Waals surface area (Å²) in [5, 5.41) is 19.5. The number of aromatic hydroxyl groups is 2. The molecule has 2 N–H and O–H groups in total. The van der Waals surface area contributed by atoms with Gasteiger partial charge in [0, 0.05) is 18.6 Å². The Kier molecular flexibility index (Phi) is 7.45. The monoisotopic (exact) mass is 454 g/mol. The maximum absolute atomic E-state index is 12.7. The quantitative estimate of drug-likeness (QED) is 0.284. The average Bonchev–Trinajstić information content (AvgIpc) is 2.86. The Balaban J connectivity index is 1.48. The topological polar surface area (TPSA) is 76.0 Å². The minimum atomic E-state index is -0.227. The van der Waals surface area contributed by atoms with Crippen LogP contribution in [0.5, 0.6) is 23.0 Å². The summed E-state index contributed by atoms with van der Waals surface area (Å²) in [4.78, 5) is 12.7. The van der Waals surface area contributed by atoms with Gasteiger partial charge in [-0.3, -0.25) is 4.79 Å². The van der Waals surface area contributed by atoms with Crippen LogP contribution in [-0.2, 0) is 19.6 Å². The summed E-state index contributed by atoms with van der Waals surface area (Å²) >= 11 is 0. The summed E-state index contributed by atoms with van der Waals surface area (Å²) in [6, 6.07) is 29.4. The Morgan fingerprint density at radius 2 is 1.35 bits per heavy atom. The van der Waals surface area contributed by atoms with E-state index in [2.05, 4.69) is 0 Å². The number of hydrogen-bond donors (Lipinski definition) is 2. The SMILES string of the molecule is O=C(CCc1ccc(OCc2ccccc2)cc1OCc1ccccc1)c1ccc(O)cc1O. The Hall–Kier alpha value is -4.25. The van der Waals surface area contributed by atoms with Crippen molar-refractivity contribution in [1.82, 2.24) is 0 Å². The van der Waals surface area contributed by atoms with E-state index in [4.69, 9.17) is 9.47 Å². The molecule has 0 unspecified atom stereocenters. The number of aryl methyl sites for hydroxylation is 1. The van der Waals surface area contributed by atoms with Crippen LogP contribution in [0.25, 0.3) is 0 Å². The van der Waals surface area contributed by atoms with Crippen LogP contribution in [0.3, 0.4) is 0 Å². The molecule has 0 saturated carbocycles. The van der Waals surface area contributed by atoms with E-state index in [-0.39, 0.29) is 29.3 Å². The molecule has 5 heteroatoms. The van der Waals surface area contributed by atoms with Gasteiger partial charge >= 0.3 is 0 Å². The van der Waals surface area contributed by atoms with Crippen LogP contribution >= 0.6 is 0 Å². The lowest BCUT2D eigenvalue weighted by molar-refractivity contribution is 0.0980. The molecule has 0 bridgehead atoms. The molecule has 4 aromatic carbocycles. The van der Waals surface area contributed by atoms with Crippen LogP contribution in [-0.4, -0.2) is 16.0 Å².